The first-order valence-corrected chi connectivity index (χ1v) is 6.78. The molecule has 1 N–H and O–H groups in total. The van der Waals surface area contributed by atoms with Crippen molar-refractivity contribution in [3.05, 3.63) is 34.2 Å². The van der Waals surface area contributed by atoms with Gasteiger partial charge in [0.25, 0.3) is 0 Å². The standard InChI is InChI=1S/C14H15F3N2O/c15-14(16,17)9-6-7-12-11(8-9)18-13(20)19(12)10-4-2-1-3-5-10/h6-8,10H,1-5H2,(H,18,20). The number of hydrogen-bond acceptors (Lipinski definition) is 1. The van der Waals surface area contributed by atoms with Crippen LogP contribution >= 0.6 is 0 Å². The van der Waals surface area contributed by atoms with E-state index >= 15 is 0 Å². The molecule has 0 amide bonds. The molecule has 0 atom stereocenters. The first-order valence-electron chi connectivity index (χ1n) is 6.78. The van der Waals surface area contributed by atoms with Crippen molar-refractivity contribution in [3.63, 3.8) is 0 Å². The fourth-order valence-corrected chi connectivity index (χ4v) is 3.01. The van der Waals surface area contributed by atoms with Crippen LogP contribution in [-0.2, 0) is 6.18 Å². The predicted molar refractivity (Wildman–Crippen MR) is 69.7 cm³/mol. The van der Waals surface area contributed by atoms with Gasteiger partial charge in [-0.1, -0.05) is 19.3 Å². The summed E-state index contributed by atoms with van der Waals surface area (Å²) in [4.78, 5) is 14.6. The fourth-order valence-electron chi connectivity index (χ4n) is 3.01. The summed E-state index contributed by atoms with van der Waals surface area (Å²) in [5.41, 5.74) is -0.224. The Balaban J connectivity index is 2.10. The van der Waals surface area contributed by atoms with Gasteiger partial charge in [-0.15, -0.1) is 0 Å². The Labute approximate surface area is 113 Å². The number of aromatic nitrogens is 2. The fraction of sp³-hybridized carbons (Fsp3) is 0.500. The predicted octanol–water partition coefficient (Wildman–Crippen LogP) is 3.85. The molecule has 108 valence electrons. The van der Waals surface area contributed by atoms with Crippen molar-refractivity contribution < 1.29 is 13.2 Å². The van der Waals surface area contributed by atoms with E-state index in [1.807, 2.05) is 0 Å². The molecule has 0 unspecified atom stereocenters. The van der Waals surface area contributed by atoms with Crippen molar-refractivity contribution >= 4 is 11.0 Å². The molecular formula is C14H15F3N2O. The molecule has 0 radical (unpaired) electrons. The van der Waals surface area contributed by atoms with Crippen LogP contribution in [0.2, 0.25) is 0 Å². The first kappa shape index (κ1) is 13.3. The van der Waals surface area contributed by atoms with E-state index in [2.05, 4.69) is 4.98 Å². The minimum atomic E-state index is -4.39. The van der Waals surface area contributed by atoms with E-state index < -0.39 is 11.7 Å². The van der Waals surface area contributed by atoms with E-state index in [1.165, 1.54) is 6.07 Å². The summed E-state index contributed by atoms with van der Waals surface area (Å²) < 4.78 is 39.7. The number of halogens is 3. The van der Waals surface area contributed by atoms with Crippen LogP contribution in [-0.4, -0.2) is 9.55 Å². The Hall–Kier alpha value is -1.72. The molecular weight excluding hydrogens is 269 g/mol. The van der Waals surface area contributed by atoms with Gasteiger partial charge in [-0.2, -0.15) is 13.2 Å². The second-order valence-electron chi connectivity index (χ2n) is 5.32. The summed E-state index contributed by atoms with van der Waals surface area (Å²) in [5.74, 6) is 0. The van der Waals surface area contributed by atoms with E-state index in [-0.39, 0.29) is 17.2 Å². The van der Waals surface area contributed by atoms with Gasteiger partial charge in [-0.3, -0.25) is 4.57 Å². The van der Waals surface area contributed by atoms with Crippen molar-refractivity contribution in [3.8, 4) is 0 Å². The third-order valence-electron chi connectivity index (χ3n) is 3.98. The van der Waals surface area contributed by atoms with Gasteiger partial charge < -0.3 is 4.98 Å². The van der Waals surface area contributed by atoms with Gasteiger partial charge in [0.05, 0.1) is 16.6 Å². The number of imidazole rings is 1. The Morgan fingerprint density at radius 2 is 1.85 bits per heavy atom. The zero-order chi connectivity index (χ0) is 14.3. The van der Waals surface area contributed by atoms with Gasteiger partial charge >= 0.3 is 11.9 Å². The van der Waals surface area contributed by atoms with E-state index in [0.29, 0.717) is 5.52 Å². The van der Waals surface area contributed by atoms with Crippen LogP contribution in [0, 0.1) is 0 Å². The maximum Gasteiger partial charge on any atom is 0.416 e. The second kappa shape index (κ2) is 4.68. The summed E-state index contributed by atoms with van der Waals surface area (Å²) in [6.07, 6.45) is 0.709. The molecule has 1 aliphatic rings. The molecule has 1 fully saturated rings. The number of nitrogens with zero attached hydrogens (tertiary/aromatic N) is 1. The third kappa shape index (κ3) is 2.23. The van der Waals surface area contributed by atoms with Crippen LogP contribution in [0.25, 0.3) is 11.0 Å². The number of rotatable bonds is 1. The van der Waals surface area contributed by atoms with E-state index in [1.54, 1.807) is 4.57 Å². The van der Waals surface area contributed by atoms with Crippen LogP contribution in [0.3, 0.4) is 0 Å². The summed E-state index contributed by atoms with van der Waals surface area (Å²) in [6.45, 7) is 0. The van der Waals surface area contributed by atoms with Crippen molar-refractivity contribution in [1.29, 1.82) is 0 Å². The van der Waals surface area contributed by atoms with E-state index in [4.69, 9.17) is 0 Å². The van der Waals surface area contributed by atoms with Crippen LogP contribution in [0.4, 0.5) is 13.2 Å². The summed E-state index contributed by atoms with van der Waals surface area (Å²) in [6, 6.07) is 3.54. The molecule has 20 heavy (non-hydrogen) atoms. The van der Waals surface area contributed by atoms with Gasteiger partial charge in [0.1, 0.15) is 0 Å². The number of hydrogen-bond donors (Lipinski definition) is 1. The lowest BCUT2D eigenvalue weighted by atomic mass is 9.95. The number of aromatic amines is 1. The average molecular weight is 284 g/mol. The van der Waals surface area contributed by atoms with Gasteiger partial charge in [0, 0.05) is 6.04 Å². The molecule has 0 spiro atoms. The van der Waals surface area contributed by atoms with Crippen molar-refractivity contribution in [1.82, 2.24) is 9.55 Å². The molecule has 2 aromatic rings. The Bertz CT molecular complexity index is 678. The van der Waals surface area contributed by atoms with Gasteiger partial charge in [0.15, 0.2) is 0 Å². The van der Waals surface area contributed by atoms with E-state index in [9.17, 15) is 18.0 Å². The number of nitrogens with one attached hydrogen (secondary N) is 1. The van der Waals surface area contributed by atoms with Crippen LogP contribution in [0.1, 0.15) is 43.7 Å². The zero-order valence-corrected chi connectivity index (χ0v) is 10.8. The molecule has 3 nitrogen and oxygen atoms in total. The largest absolute Gasteiger partial charge is 0.416 e. The Morgan fingerprint density at radius 1 is 1.15 bits per heavy atom. The third-order valence-corrected chi connectivity index (χ3v) is 3.98. The number of alkyl halides is 3. The highest BCUT2D eigenvalue weighted by Gasteiger charge is 2.31. The SMILES string of the molecule is O=c1[nH]c2cc(C(F)(F)F)ccc2n1C1CCCCC1. The van der Waals surface area contributed by atoms with Gasteiger partial charge in [0.2, 0.25) is 0 Å². The molecule has 0 saturated heterocycles. The van der Waals surface area contributed by atoms with Gasteiger partial charge in [-0.25, -0.2) is 4.79 Å². The topological polar surface area (TPSA) is 37.8 Å². The smallest absolute Gasteiger partial charge is 0.306 e. The normalized spacial score (nSPS) is 17.8. The molecule has 1 aliphatic carbocycles. The van der Waals surface area contributed by atoms with Crippen LogP contribution in [0.5, 0.6) is 0 Å². The number of benzene rings is 1. The second-order valence-corrected chi connectivity index (χ2v) is 5.32. The molecule has 1 heterocycles. The van der Waals surface area contributed by atoms with Gasteiger partial charge in [-0.05, 0) is 31.0 Å². The molecule has 1 aromatic carbocycles. The summed E-state index contributed by atoms with van der Waals surface area (Å²) >= 11 is 0. The number of fused-ring (bicyclic) bond motifs is 1. The quantitative estimate of drug-likeness (QED) is 0.848. The van der Waals surface area contributed by atoms with Crippen molar-refractivity contribution in [2.45, 2.75) is 44.3 Å². The van der Waals surface area contributed by atoms with Crippen LogP contribution in [0.15, 0.2) is 23.0 Å². The molecule has 0 bridgehead atoms. The minimum absolute atomic E-state index is 0.0988. The number of H-pyrrole nitrogens is 1. The molecule has 3 rings (SSSR count). The maximum atomic E-state index is 12.7. The highest BCUT2D eigenvalue weighted by molar-refractivity contribution is 5.76. The maximum absolute atomic E-state index is 12.7. The highest BCUT2D eigenvalue weighted by atomic mass is 19.4. The summed E-state index contributed by atoms with van der Waals surface area (Å²) in [7, 11) is 0. The highest BCUT2D eigenvalue weighted by Crippen LogP contribution is 2.33. The summed E-state index contributed by atoms with van der Waals surface area (Å²) in [5, 5.41) is 0. The average Bonchev–Trinajstić information content (AvgIpc) is 2.73. The Morgan fingerprint density at radius 3 is 2.50 bits per heavy atom. The molecule has 0 aliphatic heterocycles. The lowest BCUT2D eigenvalue weighted by Gasteiger charge is -2.22. The molecule has 1 saturated carbocycles. The monoisotopic (exact) mass is 284 g/mol. The lowest BCUT2D eigenvalue weighted by molar-refractivity contribution is -0.137. The minimum Gasteiger partial charge on any atom is -0.306 e. The zero-order valence-electron chi connectivity index (χ0n) is 10.8. The lowest BCUT2D eigenvalue weighted by Crippen LogP contribution is -2.23. The van der Waals surface area contributed by atoms with Crippen molar-refractivity contribution in [2.24, 2.45) is 0 Å². The Kier molecular flexibility index (Phi) is 3.11. The first-order chi connectivity index (χ1) is 9.47. The molecule has 6 heteroatoms. The van der Waals surface area contributed by atoms with Crippen molar-refractivity contribution in [2.75, 3.05) is 0 Å². The van der Waals surface area contributed by atoms with E-state index in [0.717, 1.165) is 44.2 Å². The molecule has 1 aromatic heterocycles. The van der Waals surface area contributed by atoms with Crippen LogP contribution < -0.4 is 5.69 Å².